The molecule has 24 heavy (non-hydrogen) atoms. The molecule has 0 amide bonds. The molecule has 0 unspecified atom stereocenters. The number of ether oxygens (including phenoxy) is 1. The maximum Gasteiger partial charge on any atom is 0.142 e. The van der Waals surface area contributed by atoms with E-state index in [0.717, 1.165) is 43.8 Å². The molecule has 3 nitrogen and oxygen atoms in total. The van der Waals surface area contributed by atoms with Crippen LogP contribution in [0.4, 0.5) is 5.69 Å². The van der Waals surface area contributed by atoms with Crippen LogP contribution in [-0.4, -0.2) is 44.7 Å². The van der Waals surface area contributed by atoms with E-state index in [9.17, 15) is 0 Å². The average molecular weight is 322 g/mol. The van der Waals surface area contributed by atoms with Gasteiger partial charge in [0.15, 0.2) is 0 Å². The van der Waals surface area contributed by atoms with Crippen LogP contribution in [0.5, 0.6) is 5.75 Å². The Morgan fingerprint density at radius 3 is 2.38 bits per heavy atom. The number of nitrogens with zero attached hydrogens (tertiary/aromatic N) is 2. The summed E-state index contributed by atoms with van der Waals surface area (Å²) < 4.78 is 5.51. The lowest BCUT2D eigenvalue weighted by molar-refractivity contribution is 0.246. The summed E-state index contributed by atoms with van der Waals surface area (Å²) in [5, 5.41) is 0. The van der Waals surface area contributed by atoms with E-state index in [2.05, 4.69) is 58.3 Å². The normalized spacial score (nSPS) is 24.0. The van der Waals surface area contributed by atoms with Crippen molar-refractivity contribution in [1.82, 2.24) is 4.90 Å². The number of para-hydroxylation sites is 2. The van der Waals surface area contributed by atoms with E-state index in [-0.39, 0.29) is 0 Å². The third-order valence-corrected chi connectivity index (χ3v) is 5.44. The predicted molar refractivity (Wildman–Crippen MR) is 98.9 cm³/mol. The molecule has 3 heteroatoms. The summed E-state index contributed by atoms with van der Waals surface area (Å²) in [6.45, 7) is 5.72. The SMILES string of the molecule is COc1ccccc1N1CCN(C[C@H]2C[C@@H]2c2ccccc2)CC1. The van der Waals surface area contributed by atoms with E-state index in [4.69, 9.17) is 4.74 Å². The van der Waals surface area contributed by atoms with Gasteiger partial charge in [0, 0.05) is 32.7 Å². The van der Waals surface area contributed by atoms with E-state index in [1.54, 1.807) is 7.11 Å². The van der Waals surface area contributed by atoms with E-state index < -0.39 is 0 Å². The standard InChI is InChI=1S/C21H26N2O/c1-24-21-10-6-5-9-20(21)23-13-11-22(12-14-23)16-18-15-19(18)17-7-3-2-4-8-17/h2-10,18-19H,11-16H2,1H3/t18-,19-/m1/s1. The molecule has 2 aromatic carbocycles. The van der Waals surface area contributed by atoms with Crippen molar-refractivity contribution in [3.05, 3.63) is 60.2 Å². The van der Waals surface area contributed by atoms with Gasteiger partial charge in [0.2, 0.25) is 0 Å². The molecule has 1 aliphatic carbocycles. The third kappa shape index (κ3) is 3.27. The Hall–Kier alpha value is -2.00. The van der Waals surface area contributed by atoms with E-state index in [0.29, 0.717) is 0 Å². The van der Waals surface area contributed by atoms with Crippen molar-refractivity contribution in [2.45, 2.75) is 12.3 Å². The quantitative estimate of drug-likeness (QED) is 0.836. The number of piperazine rings is 1. The Labute approximate surface area is 144 Å². The minimum absolute atomic E-state index is 0.790. The number of hydrogen-bond donors (Lipinski definition) is 0. The second-order valence-corrected chi connectivity index (χ2v) is 6.97. The monoisotopic (exact) mass is 322 g/mol. The Morgan fingerprint density at radius 1 is 0.917 bits per heavy atom. The Morgan fingerprint density at radius 2 is 1.62 bits per heavy atom. The van der Waals surface area contributed by atoms with Crippen molar-refractivity contribution in [3.8, 4) is 5.75 Å². The molecule has 0 spiro atoms. The van der Waals surface area contributed by atoms with E-state index in [1.807, 2.05) is 6.07 Å². The van der Waals surface area contributed by atoms with Gasteiger partial charge < -0.3 is 9.64 Å². The van der Waals surface area contributed by atoms with Gasteiger partial charge in [-0.15, -0.1) is 0 Å². The maximum atomic E-state index is 5.51. The Balaban J connectivity index is 1.30. The van der Waals surface area contributed by atoms with Crippen LogP contribution in [0, 0.1) is 5.92 Å². The Kier molecular flexibility index (Phi) is 4.44. The molecular formula is C21H26N2O. The largest absolute Gasteiger partial charge is 0.495 e. The highest BCUT2D eigenvalue weighted by atomic mass is 16.5. The lowest BCUT2D eigenvalue weighted by Crippen LogP contribution is -2.47. The molecule has 2 atom stereocenters. The highest BCUT2D eigenvalue weighted by Crippen LogP contribution is 2.47. The van der Waals surface area contributed by atoms with Crippen molar-refractivity contribution in [2.75, 3.05) is 44.7 Å². The minimum atomic E-state index is 0.790. The van der Waals surface area contributed by atoms with Gasteiger partial charge in [0.25, 0.3) is 0 Å². The molecule has 2 fully saturated rings. The van der Waals surface area contributed by atoms with Crippen LogP contribution in [0.3, 0.4) is 0 Å². The summed E-state index contributed by atoms with van der Waals surface area (Å²) >= 11 is 0. The van der Waals surface area contributed by atoms with Crippen LogP contribution >= 0.6 is 0 Å². The zero-order valence-corrected chi connectivity index (χ0v) is 14.4. The lowest BCUT2D eigenvalue weighted by atomic mass is 10.1. The molecule has 0 bridgehead atoms. The lowest BCUT2D eigenvalue weighted by Gasteiger charge is -2.36. The molecule has 2 aliphatic rings. The van der Waals surface area contributed by atoms with Crippen molar-refractivity contribution < 1.29 is 4.74 Å². The van der Waals surface area contributed by atoms with Crippen LogP contribution < -0.4 is 9.64 Å². The Bertz CT molecular complexity index is 665. The first-order valence-electron chi connectivity index (χ1n) is 9.00. The fraction of sp³-hybridized carbons (Fsp3) is 0.429. The van der Waals surface area contributed by atoms with Gasteiger partial charge in [0.1, 0.15) is 5.75 Å². The molecule has 1 saturated heterocycles. The molecule has 0 aromatic heterocycles. The first-order chi connectivity index (χ1) is 11.8. The van der Waals surface area contributed by atoms with Crippen molar-refractivity contribution in [1.29, 1.82) is 0 Å². The molecule has 1 aliphatic heterocycles. The highest BCUT2D eigenvalue weighted by molar-refractivity contribution is 5.58. The number of rotatable bonds is 5. The smallest absolute Gasteiger partial charge is 0.142 e. The summed E-state index contributed by atoms with van der Waals surface area (Å²) in [6, 6.07) is 19.4. The summed E-state index contributed by atoms with van der Waals surface area (Å²) in [5.41, 5.74) is 2.75. The van der Waals surface area contributed by atoms with Crippen LogP contribution in [0.2, 0.25) is 0 Å². The average Bonchev–Trinajstić information content (AvgIpc) is 3.42. The van der Waals surface area contributed by atoms with Gasteiger partial charge >= 0.3 is 0 Å². The number of benzene rings is 2. The fourth-order valence-electron chi connectivity index (χ4n) is 3.95. The first kappa shape index (κ1) is 15.5. The molecular weight excluding hydrogens is 296 g/mol. The zero-order valence-electron chi connectivity index (χ0n) is 14.4. The molecule has 1 heterocycles. The predicted octanol–water partition coefficient (Wildman–Crippen LogP) is 3.62. The summed E-state index contributed by atoms with van der Waals surface area (Å²) in [4.78, 5) is 5.09. The van der Waals surface area contributed by atoms with Crippen molar-refractivity contribution in [2.24, 2.45) is 5.92 Å². The highest BCUT2D eigenvalue weighted by Gasteiger charge is 2.39. The minimum Gasteiger partial charge on any atom is -0.495 e. The van der Waals surface area contributed by atoms with Crippen LogP contribution in [-0.2, 0) is 0 Å². The van der Waals surface area contributed by atoms with Gasteiger partial charge in [-0.1, -0.05) is 42.5 Å². The van der Waals surface area contributed by atoms with Crippen molar-refractivity contribution >= 4 is 5.69 Å². The summed E-state index contributed by atoms with van der Waals surface area (Å²) in [5.74, 6) is 2.63. The summed E-state index contributed by atoms with van der Waals surface area (Å²) in [6.07, 6.45) is 1.36. The first-order valence-corrected chi connectivity index (χ1v) is 9.00. The van der Waals surface area contributed by atoms with E-state index >= 15 is 0 Å². The van der Waals surface area contributed by atoms with Gasteiger partial charge in [0.05, 0.1) is 12.8 Å². The van der Waals surface area contributed by atoms with Gasteiger partial charge in [-0.05, 0) is 36.0 Å². The van der Waals surface area contributed by atoms with E-state index in [1.165, 1.54) is 24.2 Å². The second kappa shape index (κ2) is 6.86. The topological polar surface area (TPSA) is 15.7 Å². The fourth-order valence-corrected chi connectivity index (χ4v) is 3.95. The molecule has 0 radical (unpaired) electrons. The molecule has 0 N–H and O–H groups in total. The number of methoxy groups -OCH3 is 1. The summed E-state index contributed by atoms with van der Waals surface area (Å²) in [7, 11) is 1.76. The van der Waals surface area contributed by atoms with Gasteiger partial charge in [-0.3, -0.25) is 4.90 Å². The number of hydrogen-bond acceptors (Lipinski definition) is 3. The molecule has 2 aromatic rings. The van der Waals surface area contributed by atoms with Crippen LogP contribution in [0.15, 0.2) is 54.6 Å². The molecule has 1 saturated carbocycles. The molecule has 126 valence electrons. The van der Waals surface area contributed by atoms with Crippen LogP contribution in [0.1, 0.15) is 17.9 Å². The second-order valence-electron chi connectivity index (χ2n) is 6.97. The number of anilines is 1. The van der Waals surface area contributed by atoms with Gasteiger partial charge in [-0.25, -0.2) is 0 Å². The zero-order chi connectivity index (χ0) is 16.4. The molecule has 4 rings (SSSR count). The maximum absolute atomic E-state index is 5.51. The van der Waals surface area contributed by atoms with Gasteiger partial charge in [-0.2, -0.15) is 0 Å². The third-order valence-electron chi connectivity index (χ3n) is 5.44. The van der Waals surface area contributed by atoms with Crippen molar-refractivity contribution in [3.63, 3.8) is 0 Å². The van der Waals surface area contributed by atoms with Crippen LogP contribution in [0.25, 0.3) is 0 Å².